The van der Waals surface area contributed by atoms with Crippen molar-refractivity contribution in [3.8, 4) is 22.5 Å². The van der Waals surface area contributed by atoms with Crippen molar-refractivity contribution in [1.29, 1.82) is 0 Å². The minimum atomic E-state index is -0.514. The topological polar surface area (TPSA) is 52.0 Å². The molecule has 0 spiro atoms. The molecule has 2 aromatic carbocycles. The number of aromatic nitrogens is 1. The zero-order valence-corrected chi connectivity index (χ0v) is 12.0. The number of rotatable bonds is 2. The first kappa shape index (κ1) is 13.6. The third-order valence-electron chi connectivity index (χ3n) is 3.33. The molecule has 0 aliphatic rings. The second kappa shape index (κ2) is 5.22. The number of nitrogen functional groups attached to an aromatic ring is 1. The average Bonchev–Trinajstić information content (AvgIpc) is 2.84. The first-order chi connectivity index (χ1) is 10.1. The molecule has 0 unspecified atom stereocenters. The number of benzene rings is 2. The average molecular weight is 303 g/mol. The quantitative estimate of drug-likeness (QED) is 0.747. The fourth-order valence-corrected chi connectivity index (χ4v) is 2.49. The molecule has 0 atom stereocenters. The fourth-order valence-electron chi connectivity index (χ4n) is 2.28. The van der Waals surface area contributed by atoms with E-state index in [2.05, 4.69) is 5.16 Å². The van der Waals surface area contributed by atoms with Gasteiger partial charge in [-0.15, -0.1) is 0 Å². The van der Waals surface area contributed by atoms with Crippen LogP contribution in [0.25, 0.3) is 22.5 Å². The molecular weight excluding hydrogens is 291 g/mol. The molecule has 0 bridgehead atoms. The maximum absolute atomic E-state index is 13.7. The highest BCUT2D eigenvalue weighted by Crippen LogP contribution is 2.41. The molecule has 3 aromatic rings. The maximum atomic E-state index is 13.7. The summed E-state index contributed by atoms with van der Waals surface area (Å²) < 4.78 is 19.0. The van der Waals surface area contributed by atoms with Gasteiger partial charge in [-0.2, -0.15) is 0 Å². The number of hydrogen-bond donors (Lipinski definition) is 1. The predicted octanol–water partition coefficient (Wildman–Crippen LogP) is 4.69. The molecule has 21 heavy (non-hydrogen) atoms. The van der Waals surface area contributed by atoms with Crippen LogP contribution in [-0.2, 0) is 0 Å². The Bertz CT molecular complexity index is 814. The lowest BCUT2D eigenvalue weighted by molar-refractivity contribution is 0.436. The van der Waals surface area contributed by atoms with Crippen LogP contribution in [0, 0.1) is 12.7 Å². The van der Waals surface area contributed by atoms with Crippen LogP contribution >= 0.6 is 11.6 Å². The Morgan fingerprint density at radius 3 is 2.57 bits per heavy atom. The number of nitrogens with zero attached hydrogens (tertiary/aromatic N) is 1. The fraction of sp³-hybridized carbons (Fsp3) is 0.0625. The summed E-state index contributed by atoms with van der Waals surface area (Å²) in [4.78, 5) is 0. The van der Waals surface area contributed by atoms with E-state index in [9.17, 15) is 4.39 Å². The highest BCUT2D eigenvalue weighted by Gasteiger charge is 2.21. The number of aryl methyl sites for hydroxylation is 1. The largest absolute Gasteiger partial charge is 0.380 e. The van der Waals surface area contributed by atoms with Crippen LogP contribution < -0.4 is 5.73 Å². The molecule has 1 aromatic heterocycles. The molecule has 3 rings (SSSR count). The van der Waals surface area contributed by atoms with Gasteiger partial charge >= 0.3 is 0 Å². The summed E-state index contributed by atoms with van der Waals surface area (Å²) in [6, 6.07) is 12.2. The van der Waals surface area contributed by atoms with Crippen molar-refractivity contribution in [2.45, 2.75) is 6.92 Å². The highest BCUT2D eigenvalue weighted by atomic mass is 35.5. The molecule has 0 amide bonds. The summed E-state index contributed by atoms with van der Waals surface area (Å²) in [7, 11) is 0. The molecule has 1 heterocycles. The van der Waals surface area contributed by atoms with Crippen molar-refractivity contribution in [2.24, 2.45) is 0 Å². The van der Waals surface area contributed by atoms with Crippen LogP contribution in [0.5, 0.6) is 0 Å². The molecule has 3 nitrogen and oxygen atoms in total. The highest BCUT2D eigenvalue weighted by molar-refractivity contribution is 6.33. The normalized spacial score (nSPS) is 10.8. The molecule has 0 aliphatic heterocycles. The monoisotopic (exact) mass is 302 g/mol. The first-order valence-electron chi connectivity index (χ1n) is 6.35. The number of anilines is 1. The van der Waals surface area contributed by atoms with Crippen LogP contribution in [0.3, 0.4) is 0 Å². The smallest absolute Gasteiger partial charge is 0.178 e. The number of nitrogens with two attached hydrogens (primary N) is 1. The molecule has 0 radical (unpaired) electrons. The Balaban J connectivity index is 2.28. The zero-order chi connectivity index (χ0) is 15.0. The Labute approximate surface area is 126 Å². The van der Waals surface area contributed by atoms with Crippen LogP contribution in [0.15, 0.2) is 47.0 Å². The van der Waals surface area contributed by atoms with Crippen molar-refractivity contribution >= 4 is 17.4 Å². The van der Waals surface area contributed by atoms with E-state index in [0.717, 1.165) is 11.1 Å². The van der Waals surface area contributed by atoms with E-state index in [1.54, 1.807) is 12.1 Å². The van der Waals surface area contributed by atoms with E-state index in [4.69, 9.17) is 21.9 Å². The van der Waals surface area contributed by atoms with Gasteiger partial charge in [0.2, 0.25) is 0 Å². The van der Waals surface area contributed by atoms with E-state index >= 15 is 0 Å². The van der Waals surface area contributed by atoms with E-state index in [0.29, 0.717) is 16.9 Å². The van der Waals surface area contributed by atoms with Gasteiger partial charge < -0.3 is 10.3 Å². The van der Waals surface area contributed by atoms with Gasteiger partial charge in [0.15, 0.2) is 11.6 Å². The van der Waals surface area contributed by atoms with E-state index in [1.807, 2.05) is 31.2 Å². The molecule has 0 saturated heterocycles. The second-order valence-corrected chi connectivity index (χ2v) is 5.07. The Kier molecular flexibility index (Phi) is 3.39. The molecule has 5 heteroatoms. The van der Waals surface area contributed by atoms with Gasteiger partial charge in [-0.1, -0.05) is 47.1 Å². The van der Waals surface area contributed by atoms with Gasteiger partial charge in [0, 0.05) is 5.56 Å². The molecule has 0 fully saturated rings. The van der Waals surface area contributed by atoms with Gasteiger partial charge in [-0.05, 0) is 30.2 Å². The maximum Gasteiger partial charge on any atom is 0.178 e. The third-order valence-corrected chi connectivity index (χ3v) is 3.71. The van der Waals surface area contributed by atoms with Crippen LogP contribution in [0.1, 0.15) is 5.56 Å². The van der Waals surface area contributed by atoms with Crippen molar-refractivity contribution in [3.63, 3.8) is 0 Å². The summed E-state index contributed by atoms with van der Waals surface area (Å²) in [6.45, 7) is 1.96. The Morgan fingerprint density at radius 2 is 1.81 bits per heavy atom. The van der Waals surface area contributed by atoms with Crippen LogP contribution in [-0.4, -0.2) is 5.16 Å². The lowest BCUT2D eigenvalue weighted by Gasteiger charge is -2.07. The molecule has 106 valence electrons. The number of halogens is 2. The molecule has 0 saturated carbocycles. The Hall–Kier alpha value is -2.33. The predicted molar refractivity (Wildman–Crippen MR) is 81.5 cm³/mol. The van der Waals surface area contributed by atoms with Gasteiger partial charge in [0.05, 0.1) is 10.6 Å². The van der Waals surface area contributed by atoms with E-state index < -0.39 is 5.82 Å². The summed E-state index contributed by atoms with van der Waals surface area (Å²) in [5.74, 6) is 0.103. The summed E-state index contributed by atoms with van der Waals surface area (Å²) in [5, 5.41) is 3.79. The van der Waals surface area contributed by atoms with E-state index in [1.165, 1.54) is 6.07 Å². The van der Waals surface area contributed by atoms with Crippen molar-refractivity contribution in [1.82, 2.24) is 5.16 Å². The zero-order valence-electron chi connectivity index (χ0n) is 11.2. The standard InChI is InChI=1S/C16H12ClFN2O/c1-9-5-2-3-6-10(9)13-15(21-20-16(13)19)11-7-4-8-12(18)14(11)17/h2-8H,1H3,(H2,19,20). The van der Waals surface area contributed by atoms with Crippen molar-refractivity contribution in [3.05, 3.63) is 58.9 Å². The minimum absolute atomic E-state index is 0.0107. The minimum Gasteiger partial charge on any atom is -0.380 e. The lowest BCUT2D eigenvalue weighted by atomic mass is 9.98. The van der Waals surface area contributed by atoms with Gasteiger partial charge in [0.25, 0.3) is 0 Å². The number of hydrogen-bond acceptors (Lipinski definition) is 3. The second-order valence-electron chi connectivity index (χ2n) is 4.69. The van der Waals surface area contributed by atoms with Crippen molar-refractivity contribution < 1.29 is 8.91 Å². The van der Waals surface area contributed by atoms with Gasteiger partial charge in [-0.25, -0.2) is 4.39 Å². The van der Waals surface area contributed by atoms with Gasteiger partial charge in [0.1, 0.15) is 5.82 Å². The van der Waals surface area contributed by atoms with E-state index in [-0.39, 0.29) is 10.8 Å². The molecule has 2 N–H and O–H groups in total. The Morgan fingerprint density at radius 1 is 1.10 bits per heavy atom. The summed E-state index contributed by atoms with van der Waals surface area (Å²) in [5.41, 5.74) is 8.88. The SMILES string of the molecule is Cc1ccccc1-c1c(N)noc1-c1cccc(F)c1Cl. The summed E-state index contributed by atoms with van der Waals surface area (Å²) >= 11 is 6.03. The molecule has 0 aliphatic carbocycles. The van der Waals surface area contributed by atoms with Crippen LogP contribution in [0.4, 0.5) is 10.2 Å². The molecular formula is C16H12ClFN2O. The first-order valence-corrected chi connectivity index (χ1v) is 6.73. The third kappa shape index (κ3) is 2.28. The van der Waals surface area contributed by atoms with Crippen molar-refractivity contribution in [2.75, 3.05) is 5.73 Å². The summed E-state index contributed by atoms with van der Waals surface area (Å²) in [6.07, 6.45) is 0. The van der Waals surface area contributed by atoms with Gasteiger partial charge in [-0.3, -0.25) is 0 Å². The lowest BCUT2D eigenvalue weighted by Crippen LogP contribution is -1.91. The van der Waals surface area contributed by atoms with Crippen LogP contribution in [0.2, 0.25) is 5.02 Å².